The zero-order chi connectivity index (χ0) is 8.43. The van der Waals surface area contributed by atoms with E-state index in [0.29, 0.717) is 5.92 Å². The highest BCUT2D eigenvalue weighted by Crippen LogP contribution is 2.33. The average Bonchev–Trinajstić information content (AvgIpc) is 1.85. The minimum atomic E-state index is -0.607. The van der Waals surface area contributed by atoms with Crippen LogP contribution in [0.15, 0.2) is 0 Å². The van der Waals surface area contributed by atoms with Gasteiger partial charge in [0.2, 0.25) is 0 Å². The molecule has 0 aromatic heterocycles. The fraction of sp³-hybridized carbons (Fsp3) is 0.889. The van der Waals surface area contributed by atoms with Crippen LogP contribution in [-0.4, -0.2) is 11.1 Å². The van der Waals surface area contributed by atoms with Crippen LogP contribution in [0, 0.1) is 17.8 Å². The summed E-state index contributed by atoms with van der Waals surface area (Å²) in [5.41, 5.74) is 0. The van der Waals surface area contributed by atoms with Crippen LogP contribution in [0.3, 0.4) is 0 Å². The predicted octanol–water partition coefficient (Wildman–Crippen LogP) is 2.14. The van der Waals surface area contributed by atoms with Crippen LogP contribution >= 0.6 is 0 Å². The van der Waals surface area contributed by atoms with Crippen molar-refractivity contribution in [3.05, 3.63) is 0 Å². The predicted molar refractivity (Wildman–Crippen MR) is 43.3 cm³/mol. The highest BCUT2D eigenvalue weighted by atomic mass is 16.4. The Labute approximate surface area is 67.6 Å². The monoisotopic (exact) mass is 156 g/mol. The SMILES string of the molecule is C[C@@H]1CC[C@H](C(=O)O)[C@H](C)C1. The molecule has 1 aliphatic rings. The quantitative estimate of drug-likeness (QED) is 0.631. The Balaban J connectivity index is 2.50. The van der Waals surface area contributed by atoms with Gasteiger partial charge in [0.1, 0.15) is 0 Å². The normalized spacial score (nSPS) is 38.5. The molecule has 0 aromatic carbocycles. The second-order valence-electron chi connectivity index (χ2n) is 3.84. The molecule has 2 heteroatoms. The molecule has 0 radical (unpaired) electrons. The van der Waals surface area contributed by atoms with Crippen molar-refractivity contribution >= 4 is 5.97 Å². The van der Waals surface area contributed by atoms with E-state index in [2.05, 4.69) is 13.8 Å². The zero-order valence-electron chi connectivity index (χ0n) is 7.21. The molecule has 0 spiro atoms. The van der Waals surface area contributed by atoms with E-state index in [-0.39, 0.29) is 5.92 Å². The van der Waals surface area contributed by atoms with E-state index < -0.39 is 5.97 Å². The maximum absolute atomic E-state index is 10.7. The van der Waals surface area contributed by atoms with Crippen molar-refractivity contribution in [1.29, 1.82) is 0 Å². The molecule has 1 rings (SSSR count). The number of rotatable bonds is 1. The molecule has 1 fully saturated rings. The van der Waals surface area contributed by atoms with Crippen molar-refractivity contribution in [1.82, 2.24) is 0 Å². The lowest BCUT2D eigenvalue weighted by atomic mass is 9.76. The minimum Gasteiger partial charge on any atom is -0.481 e. The Hall–Kier alpha value is -0.530. The van der Waals surface area contributed by atoms with Crippen molar-refractivity contribution in [2.45, 2.75) is 33.1 Å². The van der Waals surface area contributed by atoms with Gasteiger partial charge in [-0.1, -0.05) is 13.8 Å². The third-order valence-electron chi connectivity index (χ3n) is 2.75. The molecule has 11 heavy (non-hydrogen) atoms. The lowest BCUT2D eigenvalue weighted by Crippen LogP contribution is -2.27. The van der Waals surface area contributed by atoms with E-state index >= 15 is 0 Å². The number of carbonyl (C=O) groups is 1. The van der Waals surface area contributed by atoms with Crippen LogP contribution < -0.4 is 0 Å². The number of carboxylic acid groups (broad SMARTS) is 1. The largest absolute Gasteiger partial charge is 0.481 e. The zero-order valence-corrected chi connectivity index (χ0v) is 7.21. The molecule has 1 saturated carbocycles. The van der Waals surface area contributed by atoms with E-state index in [1.807, 2.05) is 0 Å². The first-order valence-electron chi connectivity index (χ1n) is 4.34. The summed E-state index contributed by atoms with van der Waals surface area (Å²) in [6.07, 6.45) is 3.04. The van der Waals surface area contributed by atoms with Gasteiger partial charge in [-0.15, -0.1) is 0 Å². The summed E-state index contributed by atoms with van der Waals surface area (Å²) in [6, 6.07) is 0. The molecular formula is C9H16O2. The summed E-state index contributed by atoms with van der Waals surface area (Å²) in [4.78, 5) is 10.7. The summed E-state index contributed by atoms with van der Waals surface area (Å²) >= 11 is 0. The molecule has 0 amide bonds. The Morgan fingerprint density at radius 1 is 1.36 bits per heavy atom. The van der Waals surface area contributed by atoms with E-state index in [9.17, 15) is 4.79 Å². The molecule has 1 N–H and O–H groups in total. The van der Waals surface area contributed by atoms with Crippen LogP contribution in [0.4, 0.5) is 0 Å². The molecule has 0 unspecified atom stereocenters. The van der Waals surface area contributed by atoms with Gasteiger partial charge in [0.05, 0.1) is 5.92 Å². The first kappa shape index (κ1) is 8.57. The molecule has 2 nitrogen and oxygen atoms in total. The van der Waals surface area contributed by atoms with Crippen LogP contribution in [-0.2, 0) is 4.79 Å². The lowest BCUT2D eigenvalue weighted by Gasteiger charge is -2.29. The molecule has 1 aliphatic carbocycles. The van der Waals surface area contributed by atoms with Crippen LogP contribution in [0.1, 0.15) is 33.1 Å². The fourth-order valence-electron chi connectivity index (χ4n) is 2.03. The van der Waals surface area contributed by atoms with Gasteiger partial charge in [-0.25, -0.2) is 0 Å². The first-order chi connectivity index (χ1) is 5.11. The van der Waals surface area contributed by atoms with Crippen molar-refractivity contribution in [2.24, 2.45) is 17.8 Å². The van der Waals surface area contributed by atoms with Gasteiger partial charge in [0, 0.05) is 0 Å². The van der Waals surface area contributed by atoms with Crippen LogP contribution in [0.5, 0.6) is 0 Å². The Morgan fingerprint density at radius 3 is 2.45 bits per heavy atom. The molecule has 0 bridgehead atoms. The topological polar surface area (TPSA) is 37.3 Å². The summed E-state index contributed by atoms with van der Waals surface area (Å²) in [7, 11) is 0. The Bertz CT molecular complexity index is 154. The van der Waals surface area contributed by atoms with Gasteiger partial charge >= 0.3 is 5.97 Å². The van der Waals surface area contributed by atoms with Crippen molar-refractivity contribution in [3.63, 3.8) is 0 Å². The molecule has 3 atom stereocenters. The average molecular weight is 156 g/mol. The maximum Gasteiger partial charge on any atom is 0.306 e. The summed E-state index contributed by atoms with van der Waals surface area (Å²) < 4.78 is 0. The van der Waals surface area contributed by atoms with E-state index in [0.717, 1.165) is 25.2 Å². The summed E-state index contributed by atoms with van der Waals surface area (Å²) in [5, 5.41) is 8.79. The van der Waals surface area contributed by atoms with Crippen molar-refractivity contribution in [2.75, 3.05) is 0 Å². The molecule has 0 aromatic rings. The Kier molecular flexibility index (Phi) is 2.53. The molecule has 0 aliphatic heterocycles. The number of hydrogen-bond donors (Lipinski definition) is 1. The van der Waals surface area contributed by atoms with Crippen LogP contribution in [0.2, 0.25) is 0 Å². The molecule has 0 saturated heterocycles. The first-order valence-corrected chi connectivity index (χ1v) is 4.34. The highest BCUT2D eigenvalue weighted by Gasteiger charge is 2.30. The minimum absolute atomic E-state index is 0.0776. The van der Waals surface area contributed by atoms with Gasteiger partial charge in [0.15, 0.2) is 0 Å². The van der Waals surface area contributed by atoms with E-state index in [1.54, 1.807) is 0 Å². The fourth-order valence-corrected chi connectivity index (χ4v) is 2.03. The molecule has 64 valence electrons. The summed E-state index contributed by atoms with van der Waals surface area (Å²) in [6.45, 7) is 4.25. The number of aliphatic carboxylic acids is 1. The third-order valence-corrected chi connectivity index (χ3v) is 2.75. The second kappa shape index (κ2) is 3.24. The molecular weight excluding hydrogens is 140 g/mol. The second-order valence-corrected chi connectivity index (χ2v) is 3.84. The molecule has 0 heterocycles. The Morgan fingerprint density at radius 2 is 2.00 bits per heavy atom. The third kappa shape index (κ3) is 1.95. The standard InChI is InChI=1S/C9H16O2/c1-6-3-4-8(9(10)11)7(2)5-6/h6-8H,3-5H2,1-2H3,(H,10,11)/t6-,7-,8+/m1/s1. The van der Waals surface area contributed by atoms with Crippen molar-refractivity contribution < 1.29 is 9.90 Å². The van der Waals surface area contributed by atoms with Gasteiger partial charge in [0.25, 0.3) is 0 Å². The highest BCUT2D eigenvalue weighted by molar-refractivity contribution is 5.70. The van der Waals surface area contributed by atoms with Gasteiger partial charge in [-0.2, -0.15) is 0 Å². The maximum atomic E-state index is 10.7. The summed E-state index contributed by atoms with van der Waals surface area (Å²) in [5.74, 6) is 0.410. The van der Waals surface area contributed by atoms with Crippen LogP contribution in [0.25, 0.3) is 0 Å². The van der Waals surface area contributed by atoms with E-state index in [1.165, 1.54) is 0 Å². The number of hydrogen-bond acceptors (Lipinski definition) is 1. The van der Waals surface area contributed by atoms with E-state index in [4.69, 9.17) is 5.11 Å². The smallest absolute Gasteiger partial charge is 0.306 e. The van der Waals surface area contributed by atoms with Gasteiger partial charge < -0.3 is 5.11 Å². The number of carboxylic acids is 1. The van der Waals surface area contributed by atoms with Gasteiger partial charge in [-0.3, -0.25) is 4.79 Å². The van der Waals surface area contributed by atoms with Crippen molar-refractivity contribution in [3.8, 4) is 0 Å². The lowest BCUT2D eigenvalue weighted by molar-refractivity contribution is -0.145. The van der Waals surface area contributed by atoms with Gasteiger partial charge in [-0.05, 0) is 31.1 Å².